The number of hydrogen-bond acceptors (Lipinski definition) is 4. The Bertz CT molecular complexity index is 1070. The lowest BCUT2D eigenvalue weighted by Crippen LogP contribution is -2.21. The third kappa shape index (κ3) is 3.47. The minimum absolute atomic E-state index is 0.139. The van der Waals surface area contributed by atoms with Gasteiger partial charge >= 0.3 is 0 Å². The first kappa shape index (κ1) is 16.0. The zero-order chi connectivity index (χ0) is 17.8. The number of benzene rings is 2. The summed E-state index contributed by atoms with van der Waals surface area (Å²) >= 11 is 0. The average Bonchev–Trinajstić information content (AvgIpc) is 2.70. The van der Waals surface area contributed by atoms with Crippen LogP contribution in [0.25, 0.3) is 11.0 Å². The first-order chi connectivity index (χ1) is 12.8. The largest absolute Gasteiger partial charge is 0.489 e. The Morgan fingerprint density at radius 3 is 2.46 bits per heavy atom. The van der Waals surface area contributed by atoms with Gasteiger partial charge in [0.05, 0.1) is 18.4 Å². The van der Waals surface area contributed by atoms with Crippen LogP contribution in [0.1, 0.15) is 11.1 Å². The average molecular weight is 343 g/mol. The maximum atomic E-state index is 12.5. The van der Waals surface area contributed by atoms with E-state index in [-0.39, 0.29) is 5.56 Å². The molecule has 4 rings (SSSR count). The standard InChI is InChI=1S/C21H17N3O2/c25-21-20-19(7-4-12-22-20)23-15-24(21)13-16-8-10-18(11-9-16)26-14-17-5-2-1-3-6-17/h1-12,15H,13-14H2. The molecule has 2 aromatic heterocycles. The molecule has 5 heteroatoms. The van der Waals surface area contributed by atoms with Gasteiger partial charge in [-0.15, -0.1) is 0 Å². The maximum absolute atomic E-state index is 12.5. The Morgan fingerprint density at radius 2 is 1.65 bits per heavy atom. The molecule has 2 aromatic carbocycles. The van der Waals surface area contributed by atoms with E-state index in [1.807, 2.05) is 54.6 Å². The van der Waals surface area contributed by atoms with Gasteiger partial charge in [0.15, 0.2) is 5.52 Å². The van der Waals surface area contributed by atoms with Gasteiger partial charge in [-0.25, -0.2) is 9.97 Å². The fraction of sp³-hybridized carbons (Fsp3) is 0.0952. The van der Waals surface area contributed by atoms with Gasteiger partial charge in [-0.1, -0.05) is 42.5 Å². The SMILES string of the molecule is O=c1c2ncccc2ncn1Cc1ccc(OCc2ccccc2)cc1. The summed E-state index contributed by atoms with van der Waals surface area (Å²) in [7, 11) is 0. The molecule has 128 valence electrons. The van der Waals surface area contributed by atoms with Crippen molar-refractivity contribution in [3.05, 3.63) is 101 Å². The van der Waals surface area contributed by atoms with Crippen LogP contribution in [0.3, 0.4) is 0 Å². The van der Waals surface area contributed by atoms with Crippen LogP contribution >= 0.6 is 0 Å². The van der Waals surface area contributed by atoms with Crippen molar-refractivity contribution < 1.29 is 4.74 Å². The van der Waals surface area contributed by atoms with Crippen LogP contribution in [0.2, 0.25) is 0 Å². The molecule has 4 aromatic rings. The lowest BCUT2D eigenvalue weighted by Gasteiger charge is -2.09. The third-order valence-corrected chi connectivity index (χ3v) is 4.11. The molecule has 0 spiro atoms. The van der Waals surface area contributed by atoms with Crippen LogP contribution in [-0.4, -0.2) is 14.5 Å². The van der Waals surface area contributed by atoms with Crippen molar-refractivity contribution in [1.82, 2.24) is 14.5 Å². The molecule has 0 aliphatic carbocycles. The van der Waals surface area contributed by atoms with Crippen molar-refractivity contribution in [1.29, 1.82) is 0 Å². The van der Waals surface area contributed by atoms with Crippen molar-refractivity contribution in [2.75, 3.05) is 0 Å². The zero-order valence-electron chi connectivity index (χ0n) is 14.1. The Hall–Kier alpha value is -3.47. The Balaban J connectivity index is 1.47. The molecule has 5 nitrogen and oxygen atoms in total. The summed E-state index contributed by atoms with van der Waals surface area (Å²) in [6.45, 7) is 0.969. The molecule has 0 atom stereocenters. The molecule has 0 aliphatic heterocycles. The Kier molecular flexibility index (Phi) is 4.43. The van der Waals surface area contributed by atoms with Crippen molar-refractivity contribution >= 4 is 11.0 Å². The highest BCUT2D eigenvalue weighted by Crippen LogP contribution is 2.15. The van der Waals surface area contributed by atoms with Gasteiger partial charge in [0.1, 0.15) is 12.4 Å². The highest BCUT2D eigenvalue weighted by molar-refractivity contribution is 5.71. The van der Waals surface area contributed by atoms with E-state index in [4.69, 9.17) is 4.74 Å². The van der Waals surface area contributed by atoms with Crippen LogP contribution in [-0.2, 0) is 13.2 Å². The lowest BCUT2D eigenvalue weighted by molar-refractivity contribution is 0.306. The van der Waals surface area contributed by atoms with Gasteiger partial charge in [-0.3, -0.25) is 9.36 Å². The number of aromatic nitrogens is 3. The Labute approximate surface area is 150 Å². The van der Waals surface area contributed by atoms with Crippen molar-refractivity contribution in [2.24, 2.45) is 0 Å². The third-order valence-electron chi connectivity index (χ3n) is 4.11. The summed E-state index contributed by atoms with van der Waals surface area (Å²) in [5, 5.41) is 0. The van der Waals surface area contributed by atoms with Gasteiger partial charge < -0.3 is 4.74 Å². The van der Waals surface area contributed by atoms with E-state index in [1.54, 1.807) is 29.2 Å². The van der Waals surface area contributed by atoms with Gasteiger partial charge in [-0.2, -0.15) is 0 Å². The van der Waals surface area contributed by atoms with Crippen LogP contribution in [0.5, 0.6) is 5.75 Å². The number of ether oxygens (including phenoxy) is 1. The fourth-order valence-electron chi connectivity index (χ4n) is 2.73. The van der Waals surface area contributed by atoms with E-state index in [9.17, 15) is 4.79 Å². The smallest absolute Gasteiger partial charge is 0.280 e. The lowest BCUT2D eigenvalue weighted by atomic mass is 10.2. The minimum atomic E-state index is -0.139. The van der Waals surface area contributed by atoms with Gasteiger partial charge in [0.25, 0.3) is 5.56 Å². The minimum Gasteiger partial charge on any atom is -0.489 e. The molecule has 0 saturated carbocycles. The van der Waals surface area contributed by atoms with Crippen LogP contribution < -0.4 is 10.3 Å². The predicted octanol–water partition coefficient (Wildman–Crippen LogP) is 3.42. The number of rotatable bonds is 5. The molecule has 0 bridgehead atoms. The van der Waals surface area contributed by atoms with Crippen molar-refractivity contribution in [3.8, 4) is 5.75 Å². The first-order valence-electron chi connectivity index (χ1n) is 8.35. The quantitative estimate of drug-likeness (QED) is 0.557. The van der Waals surface area contributed by atoms with Gasteiger partial charge in [-0.05, 0) is 35.4 Å². The molecule has 0 aliphatic rings. The molecule has 26 heavy (non-hydrogen) atoms. The number of nitrogens with zero attached hydrogens (tertiary/aromatic N) is 3. The number of pyridine rings is 1. The molecule has 0 fully saturated rings. The monoisotopic (exact) mass is 343 g/mol. The molecule has 0 N–H and O–H groups in total. The molecule has 0 saturated heterocycles. The van der Waals surface area contributed by atoms with E-state index in [2.05, 4.69) is 9.97 Å². The van der Waals surface area contributed by atoms with E-state index >= 15 is 0 Å². The molecule has 0 unspecified atom stereocenters. The summed E-state index contributed by atoms with van der Waals surface area (Å²) in [6.07, 6.45) is 3.17. The second-order valence-electron chi connectivity index (χ2n) is 5.97. The summed E-state index contributed by atoms with van der Waals surface area (Å²) in [4.78, 5) is 20.9. The molecular formula is C21H17N3O2. The number of fused-ring (bicyclic) bond motifs is 1. The van der Waals surface area contributed by atoms with Gasteiger partial charge in [0.2, 0.25) is 0 Å². The van der Waals surface area contributed by atoms with E-state index in [0.29, 0.717) is 24.2 Å². The van der Waals surface area contributed by atoms with Gasteiger partial charge in [0, 0.05) is 6.20 Å². The predicted molar refractivity (Wildman–Crippen MR) is 100 cm³/mol. The van der Waals surface area contributed by atoms with Crippen LogP contribution in [0.15, 0.2) is 84.0 Å². The Morgan fingerprint density at radius 1 is 0.846 bits per heavy atom. The summed E-state index contributed by atoms with van der Waals surface area (Å²) in [5.41, 5.74) is 2.98. The highest BCUT2D eigenvalue weighted by Gasteiger charge is 2.05. The summed E-state index contributed by atoms with van der Waals surface area (Å²) in [5.74, 6) is 0.795. The topological polar surface area (TPSA) is 57.0 Å². The van der Waals surface area contributed by atoms with E-state index in [0.717, 1.165) is 16.9 Å². The zero-order valence-corrected chi connectivity index (χ0v) is 14.1. The van der Waals surface area contributed by atoms with Crippen molar-refractivity contribution in [3.63, 3.8) is 0 Å². The van der Waals surface area contributed by atoms with Crippen LogP contribution in [0.4, 0.5) is 0 Å². The first-order valence-corrected chi connectivity index (χ1v) is 8.35. The molecule has 0 radical (unpaired) electrons. The van der Waals surface area contributed by atoms with Crippen LogP contribution in [0, 0.1) is 0 Å². The second kappa shape index (κ2) is 7.19. The van der Waals surface area contributed by atoms with E-state index < -0.39 is 0 Å². The molecular weight excluding hydrogens is 326 g/mol. The van der Waals surface area contributed by atoms with E-state index in [1.165, 1.54) is 0 Å². The second-order valence-corrected chi connectivity index (χ2v) is 5.97. The van der Waals surface area contributed by atoms with Crippen molar-refractivity contribution in [2.45, 2.75) is 13.2 Å². The number of hydrogen-bond donors (Lipinski definition) is 0. The summed E-state index contributed by atoms with van der Waals surface area (Å²) < 4.78 is 7.35. The fourth-order valence-corrected chi connectivity index (χ4v) is 2.73. The normalized spacial score (nSPS) is 10.8. The highest BCUT2D eigenvalue weighted by atomic mass is 16.5. The maximum Gasteiger partial charge on any atom is 0.280 e. The molecule has 2 heterocycles. The summed E-state index contributed by atoms with van der Waals surface area (Å²) in [6, 6.07) is 21.3. The molecule has 0 amide bonds.